The molecule has 0 aliphatic rings. The number of sulfonamides is 1. The Morgan fingerprint density at radius 3 is 2.53 bits per heavy atom. The Hall–Kier alpha value is -3.52. The normalized spacial score (nSPS) is 11.3. The molecule has 0 heterocycles. The number of nitriles is 1. The summed E-state index contributed by atoms with van der Waals surface area (Å²) < 4.78 is 59.6. The van der Waals surface area contributed by atoms with Gasteiger partial charge in [-0.15, -0.1) is 0 Å². The fourth-order valence-electron chi connectivity index (χ4n) is 3.14. The van der Waals surface area contributed by atoms with Crippen molar-refractivity contribution in [3.8, 4) is 22.9 Å². The number of halogens is 3. The van der Waals surface area contributed by atoms with Gasteiger partial charge >= 0.3 is 5.97 Å². The molecule has 11 heteroatoms. The highest BCUT2D eigenvalue weighted by Crippen LogP contribution is 2.33. The van der Waals surface area contributed by atoms with Gasteiger partial charge in [-0.25, -0.2) is 22.0 Å². The van der Waals surface area contributed by atoms with E-state index in [0.29, 0.717) is 5.56 Å². The zero-order valence-corrected chi connectivity index (χ0v) is 19.2. The summed E-state index contributed by atoms with van der Waals surface area (Å²) in [4.78, 5) is 10.7. The monoisotopic (exact) mass is 506 g/mol. The number of hydrogen-bond acceptors (Lipinski definition) is 5. The third-order valence-electron chi connectivity index (χ3n) is 4.74. The van der Waals surface area contributed by atoms with Crippen molar-refractivity contribution in [1.29, 1.82) is 5.26 Å². The average Bonchev–Trinajstić information content (AvgIpc) is 2.79. The van der Waals surface area contributed by atoms with Crippen LogP contribution in [0.15, 0.2) is 59.5 Å². The summed E-state index contributed by atoms with van der Waals surface area (Å²) in [6.07, 6.45) is 0. The highest BCUT2D eigenvalue weighted by Gasteiger charge is 2.23. The van der Waals surface area contributed by atoms with Crippen molar-refractivity contribution in [2.75, 3.05) is 13.7 Å². The first kappa shape index (κ1) is 25.1. The molecule has 0 saturated heterocycles. The second kappa shape index (κ2) is 10.2. The Morgan fingerprint density at radius 2 is 1.88 bits per heavy atom. The summed E-state index contributed by atoms with van der Waals surface area (Å²) in [5.74, 6) is -2.56. The van der Waals surface area contributed by atoms with Gasteiger partial charge in [-0.1, -0.05) is 17.7 Å². The number of ether oxygens (including phenoxy) is 1. The molecular weight excluding hydrogens is 490 g/mol. The van der Waals surface area contributed by atoms with Crippen molar-refractivity contribution in [2.45, 2.75) is 11.4 Å². The molecule has 0 aliphatic heterocycles. The van der Waals surface area contributed by atoms with Gasteiger partial charge < -0.3 is 9.84 Å². The van der Waals surface area contributed by atoms with E-state index in [0.717, 1.165) is 34.6 Å². The second-order valence-electron chi connectivity index (χ2n) is 7.19. The van der Waals surface area contributed by atoms with E-state index in [9.17, 15) is 22.0 Å². The van der Waals surface area contributed by atoms with Crippen molar-refractivity contribution >= 4 is 27.6 Å². The molecule has 3 aromatic rings. The molecule has 7 nitrogen and oxygen atoms in total. The second-order valence-corrected chi connectivity index (χ2v) is 9.64. The first-order valence-electron chi connectivity index (χ1n) is 9.61. The molecule has 0 aromatic heterocycles. The first-order valence-corrected chi connectivity index (χ1v) is 11.4. The molecular formula is C23H17ClF2N2O5S. The molecule has 0 amide bonds. The fraction of sp³-hybridized carbons (Fsp3) is 0.130. The quantitative estimate of drug-likeness (QED) is 0.484. The zero-order chi connectivity index (χ0) is 25.0. The lowest BCUT2D eigenvalue weighted by Gasteiger charge is -2.19. The fourth-order valence-corrected chi connectivity index (χ4v) is 4.57. The lowest BCUT2D eigenvalue weighted by atomic mass is 10.00. The summed E-state index contributed by atoms with van der Waals surface area (Å²) in [5.41, 5.74) is 1.01. The maximum absolute atomic E-state index is 14.1. The van der Waals surface area contributed by atoms with Crippen LogP contribution in [0.25, 0.3) is 11.1 Å². The number of carboxylic acids is 1. The SMILES string of the molecule is CN(Cc1ccc(OCC(=O)O)c(-c2cc(F)cc(C#N)c2)c1)S(=O)(=O)c1ccc(F)c(Cl)c1. The molecule has 0 bridgehead atoms. The largest absolute Gasteiger partial charge is 0.481 e. The van der Waals surface area contributed by atoms with E-state index in [1.165, 1.54) is 31.3 Å². The van der Waals surface area contributed by atoms with E-state index in [4.69, 9.17) is 26.7 Å². The Kier molecular flexibility index (Phi) is 7.51. The minimum absolute atomic E-state index is 0.0393. The van der Waals surface area contributed by atoms with Crippen molar-refractivity contribution in [1.82, 2.24) is 4.31 Å². The molecule has 0 aliphatic carbocycles. The van der Waals surface area contributed by atoms with Crippen molar-refractivity contribution < 1.29 is 31.8 Å². The van der Waals surface area contributed by atoms with Crippen LogP contribution in [0.5, 0.6) is 5.75 Å². The molecule has 0 saturated carbocycles. The summed E-state index contributed by atoms with van der Waals surface area (Å²) >= 11 is 5.71. The van der Waals surface area contributed by atoms with Gasteiger partial charge in [0, 0.05) is 19.2 Å². The molecule has 1 N–H and O–H groups in total. The molecule has 3 rings (SSSR count). The minimum Gasteiger partial charge on any atom is -0.481 e. The Morgan fingerprint density at radius 1 is 1.15 bits per heavy atom. The van der Waals surface area contributed by atoms with Gasteiger partial charge in [0.05, 0.1) is 21.6 Å². The predicted octanol–water partition coefficient (Wildman–Crippen LogP) is 4.44. The molecule has 0 atom stereocenters. The van der Waals surface area contributed by atoms with Crippen molar-refractivity contribution in [2.24, 2.45) is 0 Å². The maximum Gasteiger partial charge on any atom is 0.341 e. The van der Waals surface area contributed by atoms with Crippen LogP contribution in [0.3, 0.4) is 0 Å². The highest BCUT2D eigenvalue weighted by atomic mass is 35.5. The zero-order valence-electron chi connectivity index (χ0n) is 17.6. The van der Waals surface area contributed by atoms with Crippen LogP contribution in [-0.4, -0.2) is 37.5 Å². The topological polar surface area (TPSA) is 108 Å². The van der Waals surface area contributed by atoms with E-state index in [1.807, 2.05) is 6.07 Å². The minimum atomic E-state index is -4.03. The Labute approximate surface area is 199 Å². The number of rotatable bonds is 8. The third kappa shape index (κ3) is 5.69. The van der Waals surface area contributed by atoms with Gasteiger partial charge in [-0.3, -0.25) is 0 Å². The van der Waals surface area contributed by atoms with Crippen LogP contribution >= 0.6 is 11.6 Å². The van der Waals surface area contributed by atoms with E-state index in [2.05, 4.69) is 0 Å². The van der Waals surface area contributed by atoms with Crippen LogP contribution in [0.4, 0.5) is 8.78 Å². The van der Waals surface area contributed by atoms with Crippen molar-refractivity contribution in [3.63, 3.8) is 0 Å². The number of nitrogens with zero attached hydrogens (tertiary/aromatic N) is 2. The predicted molar refractivity (Wildman–Crippen MR) is 120 cm³/mol. The first-order chi connectivity index (χ1) is 16.0. The van der Waals surface area contributed by atoms with Gasteiger partial charge in [0.2, 0.25) is 10.0 Å². The number of benzene rings is 3. The molecule has 3 aromatic carbocycles. The van der Waals surface area contributed by atoms with E-state index >= 15 is 0 Å². The summed E-state index contributed by atoms with van der Waals surface area (Å²) in [6.45, 7) is -0.795. The van der Waals surface area contributed by atoms with Crippen LogP contribution in [0, 0.1) is 23.0 Å². The standard InChI is InChI=1S/C23H17ClF2N2O5S/c1-28(34(31,32)18-3-4-21(26)20(24)10-18)12-14-2-5-22(33-13-23(29)30)19(8-14)16-6-15(11-27)7-17(25)9-16/h2-10H,12-13H2,1H3,(H,29,30). The molecule has 176 valence electrons. The molecule has 0 spiro atoms. The number of carboxylic acid groups (broad SMARTS) is 1. The number of hydrogen-bond donors (Lipinski definition) is 1. The van der Waals surface area contributed by atoms with Crippen LogP contribution in [0.1, 0.15) is 11.1 Å². The van der Waals surface area contributed by atoms with Crippen LogP contribution < -0.4 is 4.74 Å². The summed E-state index contributed by atoms with van der Waals surface area (Å²) in [7, 11) is -2.72. The molecule has 0 radical (unpaired) electrons. The lowest BCUT2D eigenvalue weighted by Crippen LogP contribution is -2.26. The lowest BCUT2D eigenvalue weighted by molar-refractivity contribution is -0.139. The van der Waals surface area contributed by atoms with Crippen LogP contribution in [-0.2, 0) is 21.4 Å². The number of aliphatic carboxylic acids is 1. The average molecular weight is 507 g/mol. The third-order valence-corrected chi connectivity index (χ3v) is 6.83. The van der Waals surface area contributed by atoms with Crippen molar-refractivity contribution in [3.05, 3.63) is 82.4 Å². The number of carbonyl (C=O) groups is 1. The highest BCUT2D eigenvalue weighted by molar-refractivity contribution is 7.89. The smallest absolute Gasteiger partial charge is 0.341 e. The Bertz CT molecular complexity index is 1410. The van der Waals surface area contributed by atoms with Gasteiger partial charge in [-0.05, 0) is 59.7 Å². The van der Waals surface area contributed by atoms with E-state index in [1.54, 1.807) is 0 Å². The molecule has 0 fully saturated rings. The molecule has 0 unspecified atom stereocenters. The van der Waals surface area contributed by atoms with Crippen LogP contribution in [0.2, 0.25) is 5.02 Å². The molecule has 34 heavy (non-hydrogen) atoms. The van der Waals surface area contributed by atoms with E-state index < -0.39 is 34.2 Å². The van der Waals surface area contributed by atoms with Gasteiger partial charge in [-0.2, -0.15) is 9.57 Å². The van der Waals surface area contributed by atoms with Gasteiger partial charge in [0.1, 0.15) is 17.4 Å². The maximum atomic E-state index is 14.1. The Balaban J connectivity index is 2.00. The van der Waals surface area contributed by atoms with Gasteiger partial charge in [0.15, 0.2) is 6.61 Å². The summed E-state index contributed by atoms with van der Waals surface area (Å²) in [6, 6.07) is 12.9. The van der Waals surface area contributed by atoms with Gasteiger partial charge in [0.25, 0.3) is 0 Å². The summed E-state index contributed by atoms with van der Waals surface area (Å²) in [5, 5.41) is 17.8. The van der Waals surface area contributed by atoms with E-state index in [-0.39, 0.29) is 38.9 Å².